The lowest BCUT2D eigenvalue weighted by atomic mass is 9.96. The fraction of sp³-hybridized carbons (Fsp3) is 0.562. The Morgan fingerprint density at radius 3 is 3.00 bits per heavy atom. The van der Waals surface area contributed by atoms with Gasteiger partial charge in [-0.2, -0.15) is 0 Å². The van der Waals surface area contributed by atoms with Crippen LogP contribution in [0.4, 0.5) is 5.69 Å². The Hall–Kier alpha value is -1.55. The quantitative estimate of drug-likeness (QED) is 0.835. The Balaban J connectivity index is 2.08. The highest BCUT2D eigenvalue weighted by atomic mass is 16.5. The molecule has 1 unspecified atom stereocenters. The number of hydrogen-bond acceptors (Lipinski definition) is 4. The average molecular weight is 276 g/mol. The molecule has 1 aromatic carbocycles. The minimum Gasteiger partial charge on any atom is -0.469 e. The number of ether oxygens (including phenoxy) is 1. The second-order valence-corrected chi connectivity index (χ2v) is 5.39. The lowest BCUT2D eigenvalue weighted by Gasteiger charge is -2.35. The standard InChI is InChI=1S/C16H24N2O2/c1-20-16(19)9-8-14-6-2-3-7-15(14)18-10-4-5-13(11-17)12-18/h2-3,6-7,13H,4-5,8-12,17H2,1H3. The molecule has 20 heavy (non-hydrogen) atoms. The molecule has 1 aliphatic rings. The van der Waals surface area contributed by atoms with Crippen LogP contribution in [0.1, 0.15) is 24.8 Å². The Bertz CT molecular complexity index is 448. The van der Waals surface area contributed by atoms with Gasteiger partial charge in [0.15, 0.2) is 0 Å². The smallest absolute Gasteiger partial charge is 0.305 e. The predicted molar refractivity (Wildman–Crippen MR) is 80.8 cm³/mol. The Kier molecular flexibility index (Phi) is 5.41. The van der Waals surface area contributed by atoms with E-state index in [-0.39, 0.29) is 5.97 Å². The fourth-order valence-electron chi connectivity index (χ4n) is 2.85. The van der Waals surface area contributed by atoms with Crippen molar-refractivity contribution in [3.05, 3.63) is 29.8 Å². The second kappa shape index (κ2) is 7.29. The van der Waals surface area contributed by atoms with Gasteiger partial charge in [0.1, 0.15) is 0 Å². The summed E-state index contributed by atoms with van der Waals surface area (Å²) in [5, 5.41) is 0. The molecule has 0 aliphatic carbocycles. The molecule has 1 aromatic rings. The lowest BCUT2D eigenvalue weighted by molar-refractivity contribution is -0.140. The van der Waals surface area contributed by atoms with Gasteiger partial charge in [-0.05, 0) is 43.4 Å². The van der Waals surface area contributed by atoms with Crippen molar-refractivity contribution < 1.29 is 9.53 Å². The van der Waals surface area contributed by atoms with E-state index in [4.69, 9.17) is 10.5 Å². The van der Waals surface area contributed by atoms with E-state index in [0.717, 1.165) is 26.1 Å². The second-order valence-electron chi connectivity index (χ2n) is 5.39. The van der Waals surface area contributed by atoms with Gasteiger partial charge < -0.3 is 15.4 Å². The van der Waals surface area contributed by atoms with Crippen molar-refractivity contribution in [2.45, 2.75) is 25.7 Å². The van der Waals surface area contributed by atoms with E-state index in [1.807, 2.05) is 6.07 Å². The summed E-state index contributed by atoms with van der Waals surface area (Å²) in [7, 11) is 1.44. The van der Waals surface area contributed by atoms with Gasteiger partial charge in [-0.1, -0.05) is 18.2 Å². The largest absolute Gasteiger partial charge is 0.469 e. The maximum atomic E-state index is 11.3. The molecule has 110 valence electrons. The molecular formula is C16H24N2O2. The van der Waals surface area contributed by atoms with Crippen molar-refractivity contribution in [3.8, 4) is 0 Å². The number of aryl methyl sites for hydroxylation is 1. The van der Waals surface area contributed by atoms with Crippen molar-refractivity contribution in [1.82, 2.24) is 0 Å². The molecule has 4 heteroatoms. The molecule has 2 N–H and O–H groups in total. The third-order valence-electron chi connectivity index (χ3n) is 4.01. The molecule has 0 radical (unpaired) electrons. The first kappa shape index (κ1) is 14.9. The molecule has 0 saturated carbocycles. The van der Waals surface area contributed by atoms with Gasteiger partial charge in [-0.15, -0.1) is 0 Å². The Morgan fingerprint density at radius 1 is 1.45 bits per heavy atom. The van der Waals surface area contributed by atoms with E-state index in [0.29, 0.717) is 12.3 Å². The number of hydrogen-bond donors (Lipinski definition) is 1. The summed E-state index contributed by atoms with van der Waals surface area (Å²) in [5.41, 5.74) is 8.27. The van der Waals surface area contributed by atoms with Crippen LogP contribution in [0.2, 0.25) is 0 Å². The first-order valence-corrected chi connectivity index (χ1v) is 7.34. The van der Waals surface area contributed by atoms with Crippen LogP contribution in [-0.4, -0.2) is 32.7 Å². The van der Waals surface area contributed by atoms with Crippen LogP contribution in [0, 0.1) is 5.92 Å². The molecule has 1 saturated heterocycles. The van der Waals surface area contributed by atoms with Gasteiger partial charge >= 0.3 is 5.97 Å². The van der Waals surface area contributed by atoms with Crippen LogP contribution in [0.5, 0.6) is 0 Å². The minimum absolute atomic E-state index is 0.154. The molecule has 1 aliphatic heterocycles. The highest BCUT2D eigenvalue weighted by Gasteiger charge is 2.20. The fourth-order valence-corrected chi connectivity index (χ4v) is 2.85. The molecule has 0 spiro atoms. The summed E-state index contributed by atoms with van der Waals surface area (Å²) < 4.78 is 4.72. The van der Waals surface area contributed by atoms with Crippen molar-refractivity contribution in [2.75, 3.05) is 31.6 Å². The van der Waals surface area contributed by atoms with Gasteiger partial charge in [-0.25, -0.2) is 0 Å². The maximum absolute atomic E-state index is 11.3. The number of esters is 1. The van der Waals surface area contributed by atoms with E-state index in [2.05, 4.69) is 23.1 Å². The van der Waals surface area contributed by atoms with E-state index < -0.39 is 0 Å². The number of carbonyl (C=O) groups excluding carboxylic acids is 1. The number of para-hydroxylation sites is 1. The molecule has 4 nitrogen and oxygen atoms in total. The molecule has 1 fully saturated rings. The van der Waals surface area contributed by atoms with Crippen molar-refractivity contribution >= 4 is 11.7 Å². The minimum atomic E-state index is -0.154. The first-order valence-electron chi connectivity index (χ1n) is 7.34. The zero-order chi connectivity index (χ0) is 14.4. The Labute approximate surface area is 120 Å². The third kappa shape index (κ3) is 3.73. The highest BCUT2D eigenvalue weighted by Crippen LogP contribution is 2.27. The van der Waals surface area contributed by atoms with Crippen molar-refractivity contribution in [1.29, 1.82) is 0 Å². The highest BCUT2D eigenvalue weighted by molar-refractivity contribution is 5.70. The van der Waals surface area contributed by atoms with E-state index in [1.54, 1.807) is 0 Å². The topological polar surface area (TPSA) is 55.6 Å². The number of benzene rings is 1. The van der Waals surface area contributed by atoms with Crippen LogP contribution in [0.25, 0.3) is 0 Å². The van der Waals surface area contributed by atoms with E-state index in [1.165, 1.54) is 31.2 Å². The number of nitrogens with zero attached hydrogens (tertiary/aromatic N) is 1. The van der Waals surface area contributed by atoms with E-state index >= 15 is 0 Å². The van der Waals surface area contributed by atoms with Gasteiger partial charge in [0, 0.05) is 25.2 Å². The van der Waals surface area contributed by atoms with E-state index in [9.17, 15) is 4.79 Å². The summed E-state index contributed by atoms with van der Waals surface area (Å²) in [4.78, 5) is 13.7. The molecule has 0 bridgehead atoms. The van der Waals surface area contributed by atoms with Crippen molar-refractivity contribution in [3.63, 3.8) is 0 Å². The van der Waals surface area contributed by atoms with Crippen molar-refractivity contribution in [2.24, 2.45) is 11.7 Å². The average Bonchev–Trinajstić information content (AvgIpc) is 2.52. The summed E-state index contributed by atoms with van der Waals surface area (Å²) in [6, 6.07) is 8.33. The third-order valence-corrected chi connectivity index (χ3v) is 4.01. The van der Waals surface area contributed by atoms with Crippen LogP contribution in [0.15, 0.2) is 24.3 Å². The van der Waals surface area contributed by atoms with Crippen LogP contribution >= 0.6 is 0 Å². The van der Waals surface area contributed by atoms with Gasteiger partial charge in [0.2, 0.25) is 0 Å². The number of rotatable bonds is 5. The monoisotopic (exact) mass is 276 g/mol. The van der Waals surface area contributed by atoms with Gasteiger partial charge in [0.25, 0.3) is 0 Å². The number of carbonyl (C=O) groups is 1. The molecule has 1 atom stereocenters. The van der Waals surface area contributed by atoms with Crippen LogP contribution in [0.3, 0.4) is 0 Å². The first-order chi connectivity index (χ1) is 9.74. The van der Waals surface area contributed by atoms with Gasteiger partial charge in [0.05, 0.1) is 7.11 Å². The number of methoxy groups -OCH3 is 1. The van der Waals surface area contributed by atoms with Crippen LogP contribution in [-0.2, 0) is 16.0 Å². The SMILES string of the molecule is COC(=O)CCc1ccccc1N1CCCC(CN)C1. The molecule has 0 amide bonds. The maximum Gasteiger partial charge on any atom is 0.305 e. The summed E-state index contributed by atoms with van der Waals surface area (Å²) >= 11 is 0. The number of anilines is 1. The molecule has 2 rings (SSSR count). The zero-order valence-electron chi connectivity index (χ0n) is 12.2. The van der Waals surface area contributed by atoms with Crippen LogP contribution < -0.4 is 10.6 Å². The number of nitrogens with two attached hydrogens (primary N) is 1. The molecule has 1 heterocycles. The lowest BCUT2D eigenvalue weighted by Crippen LogP contribution is -2.38. The summed E-state index contributed by atoms with van der Waals surface area (Å²) in [6.45, 7) is 2.85. The Morgan fingerprint density at radius 2 is 2.25 bits per heavy atom. The number of piperidine rings is 1. The normalized spacial score (nSPS) is 18.9. The zero-order valence-corrected chi connectivity index (χ0v) is 12.2. The summed E-state index contributed by atoms with van der Waals surface area (Å²) in [6.07, 6.45) is 3.57. The molecule has 0 aromatic heterocycles. The molecular weight excluding hydrogens is 252 g/mol. The van der Waals surface area contributed by atoms with Gasteiger partial charge in [-0.3, -0.25) is 4.79 Å². The predicted octanol–water partition coefficient (Wildman–Crippen LogP) is 1.97. The summed E-state index contributed by atoms with van der Waals surface area (Å²) in [5.74, 6) is 0.427.